The number of halogens is 2. The smallest absolute Gasteiger partial charge is 0.212 e. The lowest BCUT2D eigenvalue weighted by Gasteiger charge is -2.54. The van der Waals surface area contributed by atoms with Crippen LogP contribution in [0.15, 0.2) is 34.7 Å². The third-order valence-corrected chi connectivity index (χ3v) is 7.48. The zero-order chi connectivity index (χ0) is 21.6. The first kappa shape index (κ1) is 20.9. The molecule has 31 heavy (non-hydrogen) atoms. The maximum absolute atomic E-state index is 14.6. The summed E-state index contributed by atoms with van der Waals surface area (Å²) in [5, 5.41) is 8.97. The lowest BCUT2D eigenvalue weighted by molar-refractivity contribution is -0.493. The highest BCUT2D eigenvalue weighted by atomic mass is 35.5. The number of nitrogens with one attached hydrogen (secondary N) is 1. The minimum absolute atomic E-state index is 0.0110. The Labute approximate surface area is 186 Å². The van der Waals surface area contributed by atoms with Crippen molar-refractivity contribution in [2.75, 3.05) is 20.2 Å². The zero-order valence-electron chi connectivity index (χ0n) is 18.0. The predicted octanol–water partition coefficient (Wildman–Crippen LogP) is 4.24. The molecule has 0 radical (unpaired) electrons. The lowest BCUT2D eigenvalue weighted by atomic mass is 9.69. The van der Waals surface area contributed by atoms with E-state index in [4.69, 9.17) is 16.3 Å². The summed E-state index contributed by atoms with van der Waals surface area (Å²) in [4.78, 5) is 8.76. The summed E-state index contributed by atoms with van der Waals surface area (Å²) in [5.74, 6) is -0.278. The van der Waals surface area contributed by atoms with Gasteiger partial charge in [-0.15, -0.1) is 0 Å². The molecule has 3 aliphatic heterocycles. The largest absolute Gasteiger partial charge is 0.373 e. The zero-order valence-corrected chi connectivity index (χ0v) is 18.8. The van der Waals surface area contributed by atoms with Crippen molar-refractivity contribution in [3.63, 3.8) is 0 Å². The molecule has 4 aliphatic rings. The van der Waals surface area contributed by atoms with Crippen molar-refractivity contribution in [2.24, 2.45) is 5.11 Å². The molecular weight excluding hydrogens is 417 g/mol. The van der Waals surface area contributed by atoms with E-state index in [0.29, 0.717) is 24.1 Å². The second-order valence-corrected chi connectivity index (χ2v) is 9.69. The van der Waals surface area contributed by atoms with Gasteiger partial charge in [0.25, 0.3) is 0 Å². The Kier molecular flexibility index (Phi) is 5.31. The van der Waals surface area contributed by atoms with E-state index in [9.17, 15) is 4.39 Å². The van der Waals surface area contributed by atoms with Crippen LogP contribution in [0.1, 0.15) is 43.4 Å². The Morgan fingerprint density at radius 2 is 2.10 bits per heavy atom. The minimum Gasteiger partial charge on any atom is -0.373 e. The summed E-state index contributed by atoms with van der Waals surface area (Å²) < 4.78 is 22.8. The topological polar surface area (TPSA) is 62.4 Å². The number of hydrogen-bond donors (Lipinski definition) is 1. The summed E-state index contributed by atoms with van der Waals surface area (Å²) >= 11 is 6.29. The van der Waals surface area contributed by atoms with Crippen molar-refractivity contribution in [1.82, 2.24) is 15.3 Å². The van der Waals surface area contributed by atoms with Gasteiger partial charge in [0.2, 0.25) is 6.20 Å². The second-order valence-electron chi connectivity index (χ2n) is 9.26. The number of rotatable bonds is 6. The summed E-state index contributed by atoms with van der Waals surface area (Å²) in [5.41, 5.74) is 2.76. The highest BCUT2D eigenvalue weighted by molar-refractivity contribution is 6.30. The van der Waals surface area contributed by atoms with E-state index < -0.39 is 0 Å². The van der Waals surface area contributed by atoms with Gasteiger partial charge in [-0.3, -0.25) is 9.97 Å². The first-order valence-electron chi connectivity index (χ1n) is 11.0. The predicted molar refractivity (Wildman–Crippen MR) is 117 cm³/mol. The molecule has 2 aromatic rings. The number of fused-ring (bicyclic) bond motifs is 4. The summed E-state index contributed by atoms with van der Waals surface area (Å²) in [6, 6.07) is 3.80. The Hall–Kier alpha value is -1.96. The molecule has 6 nitrogen and oxygen atoms in total. The van der Waals surface area contributed by atoms with Crippen LogP contribution in [0.3, 0.4) is 0 Å². The third-order valence-electron chi connectivity index (χ3n) is 7.13. The van der Waals surface area contributed by atoms with Crippen LogP contribution in [0.5, 0.6) is 0 Å². The molecule has 0 aromatic carbocycles. The summed E-state index contributed by atoms with van der Waals surface area (Å²) in [6.07, 6.45) is 8.62. The SMILES string of the molecule is Cc1ccc2ncc(F)c(CCC34CCC(NCC5N=[N+](C)C=C5Cl)(CC3)CO4)c2n1. The number of aryl methyl sites for hydroxylation is 2. The molecule has 3 fully saturated rings. The van der Waals surface area contributed by atoms with Crippen LogP contribution >= 0.6 is 11.6 Å². The average Bonchev–Trinajstić information content (AvgIpc) is 3.10. The summed E-state index contributed by atoms with van der Waals surface area (Å²) in [7, 11) is 1.89. The van der Waals surface area contributed by atoms with Crippen LogP contribution in [0, 0.1) is 12.7 Å². The average molecular weight is 445 g/mol. The highest BCUT2D eigenvalue weighted by Crippen LogP contribution is 2.46. The van der Waals surface area contributed by atoms with Crippen LogP contribution in [0.4, 0.5) is 4.39 Å². The van der Waals surface area contributed by atoms with Gasteiger partial charge < -0.3 is 10.1 Å². The fourth-order valence-corrected chi connectivity index (χ4v) is 5.38. The second kappa shape index (κ2) is 7.87. The Morgan fingerprint density at radius 3 is 2.77 bits per heavy atom. The van der Waals surface area contributed by atoms with E-state index >= 15 is 0 Å². The molecule has 0 amide bonds. The quantitative estimate of drug-likeness (QED) is 0.677. The van der Waals surface area contributed by atoms with Crippen LogP contribution < -0.4 is 5.32 Å². The van der Waals surface area contributed by atoms with Gasteiger partial charge in [0.1, 0.15) is 10.8 Å². The van der Waals surface area contributed by atoms with Crippen LogP contribution in [-0.4, -0.2) is 52.0 Å². The fourth-order valence-electron chi connectivity index (χ4n) is 5.12. The van der Waals surface area contributed by atoms with Gasteiger partial charge in [-0.1, -0.05) is 16.3 Å². The molecule has 164 valence electrons. The monoisotopic (exact) mass is 444 g/mol. The Morgan fingerprint density at radius 1 is 1.29 bits per heavy atom. The van der Waals surface area contributed by atoms with Gasteiger partial charge in [-0.05, 0) is 62.7 Å². The minimum atomic E-state index is -0.278. The number of hydrogen-bond acceptors (Lipinski definition) is 5. The van der Waals surface area contributed by atoms with Crippen molar-refractivity contribution in [2.45, 2.75) is 62.6 Å². The molecule has 6 rings (SSSR count). The third kappa shape index (κ3) is 3.99. The first-order chi connectivity index (χ1) is 14.9. The van der Waals surface area contributed by atoms with E-state index in [1.165, 1.54) is 6.20 Å². The van der Waals surface area contributed by atoms with Gasteiger partial charge in [-0.25, -0.2) is 4.39 Å². The first-order valence-corrected chi connectivity index (χ1v) is 11.4. The number of aromatic nitrogens is 2. The van der Waals surface area contributed by atoms with Crippen LogP contribution in [-0.2, 0) is 11.2 Å². The van der Waals surface area contributed by atoms with Gasteiger partial charge in [-0.2, -0.15) is 0 Å². The molecule has 1 N–H and O–H groups in total. The number of pyridine rings is 2. The molecule has 1 unspecified atom stereocenters. The van der Waals surface area contributed by atoms with Gasteiger partial charge in [0.05, 0.1) is 29.4 Å². The van der Waals surface area contributed by atoms with E-state index in [1.54, 1.807) is 4.70 Å². The van der Waals surface area contributed by atoms with E-state index in [0.717, 1.165) is 54.9 Å². The standard InChI is InChI=1S/C23H28ClFN5O/c1-15-3-4-19-21(28-15)16(18(25)11-26-19)5-6-23-9-7-22(8-10-23,14-31-23)27-12-20-17(24)13-30(2)29-20/h3-4,11,13,20,27H,5-10,12,14H2,1-2H3/q+1. The summed E-state index contributed by atoms with van der Waals surface area (Å²) in [6.45, 7) is 3.31. The van der Waals surface area contributed by atoms with Crippen molar-refractivity contribution in [1.29, 1.82) is 0 Å². The molecule has 2 bridgehead atoms. The molecule has 1 atom stereocenters. The van der Waals surface area contributed by atoms with E-state index in [1.807, 2.05) is 32.3 Å². The molecule has 2 saturated heterocycles. The van der Waals surface area contributed by atoms with Crippen molar-refractivity contribution < 1.29 is 13.8 Å². The van der Waals surface area contributed by atoms with Gasteiger partial charge >= 0.3 is 0 Å². The molecule has 1 saturated carbocycles. The molecule has 5 heterocycles. The van der Waals surface area contributed by atoms with Crippen LogP contribution in [0.2, 0.25) is 0 Å². The van der Waals surface area contributed by atoms with Crippen molar-refractivity contribution in [3.05, 3.63) is 46.6 Å². The number of ether oxygens (including phenoxy) is 1. The molecule has 2 aromatic heterocycles. The maximum atomic E-state index is 14.6. The molecule has 0 spiro atoms. The Bertz CT molecular complexity index is 1060. The van der Waals surface area contributed by atoms with Crippen molar-refractivity contribution in [3.8, 4) is 0 Å². The van der Waals surface area contributed by atoms with Gasteiger partial charge in [0, 0.05) is 23.3 Å². The normalized spacial score (nSPS) is 30.0. The van der Waals surface area contributed by atoms with E-state index in [2.05, 4.69) is 20.4 Å². The van der Waals surface area contributed by atoms with Crippen molar-refractivity contribution >= 4 is 22.6 Å². The fraction of sp³-hybridized carbons (Fsp3) is 0.565. The molecule has 8 heteroatoms. The maximum Gasteiger partial charge on any atom is 0.212 e. The van der Waals surface area contributed by atoms with Gasteiger partial charge in [0.15, 0.2) is 13.1 Å². The molecule has 1 aliphatic carbocycles. The molecular formula is C23H28ClFN5O+. The lowest BCUT2D eigenvalue weighted by Crippen LogP contribution is -2.62. The highest BCUT2D eigenvalue weighted by Gasteiger charge is 2.49. The number of nitrogens with zero attached hydrogens (tertiary/aromatic N) is 4. The Balaban J connectivity index is 1.24. The number of azo groups is 2. The van der Waals surface area contributed by atoms with Crippen LogP contribution in [0.25, 0.3) is 11.0 Å². The van der Waals surface area contributed by atoms with E-state index in [-0.39, 0.29) is 23.0 Å².